The molecule has 15 aromatic rings. The summed E-state index contributed by atoms with van der Waals surface area (Å²) in [6, 6.07) is 62.2. The third-order valence-electron chi connectivity index (χ3n) is 8.48. The maximum Gasteiger partial charge on any atom is -0.0178 e. The first-order chi connectivity index (χ1) is 20.8. The van der Waals surface area contributed by atoms with E-state index in [9.17, 15) is 0 Å². The van der Waals surface area contributed by atoms with Crippen LogP contribution in [0, 0.1) is 0 Å². The van der Waals surface area contributed by atoms with Gasteiger partial charge in [0.25, 0.3) is 0 Å². The topological polar surface area (TPSA) is 0 Å². The molecule has 0 atom stereocenters. The molecule has 0 fully saturated rings. The molecule has 15 rings (SSSR count). The molecule has 0 saturated carbocycles. The lowest BCUT2D eigenvalue weighted by molar-refractivity contribution is 1.77. The molecule has 0 aliphatic heterocycles. The van der Waals surface area contributed by atoms with E-state index in [-0.39, 0.29) is 0 Å². The average molecular weight is 533 g/mol. The van der Waals surface area contributed by atoms with E-state index >= 15 is 0 Å². The number of benzene rings is 7. The van der Waals surface area contributed by atoms with Crippen molar-refractivity contribution >= 4 is 75.4 Å². The minimum atomic E-state index is 1.22. The van der Waals surface area contributed by atoms with Gasteiger partial charge in [-0.05, 0) is 87.5 Å². The molecule has 0 aromatic heterocycles. The van der Waals surface area contributed by atoms with E-state index in [0.717, 1.165) is 0 Å². The van der Waals surface area contributed by atoms with Crippen LogP contribution in [0.25, 0.3) is 75.4 Å². The number of rotatable bonds is 0. The van der Waals surface area contributed by atoms with Gasteiger partial charge < -0.3 is 0 Å². The van der Waals surface area contributed by atoms with Crippen LogP contribution in [0.5, 0.6) is 0 Å². The number of hydrogen-bond donors (Lipinski definition) is 0. The monoisotopic (exact) mass is 532 g/mol. The number of fused-ring (bicyclic) bond motifs is 1. The van der Waals surface area contributed by atoms with Crippen LogP contribution in [0.2, 0.25) is 0 Å². The standard InChI is InChI=1S/C42H28/c1-3-39-27-41(5-1)42-6-2-4-40(28-42)38-25-21-36(22-26-38)34-17-13-32(14-18-34)30-9-7-29(8-10-30)31-11-15-33(16-12-31)35-19-23-37(39)24-20-35/h1-28H. The second-order valence-corrected chi connectivity index (χ2v) is 11.0. The molecule has 0 aliphatic carbocycles. The molecule has 0 radical (unpaired) electrons. The molecule has 0 unspecified atom stereocenters. The minimum absolute atomic E-state index is 1.22. The van der Waals surface area contributed by atoms with Crippen molar-refractivity contribution in [1.82, 2.24) is 0 Å². The Balaban J connectivity index is 1.41. The SMILES string of the molecule is c1cc2cc(c1)c1cccc(c1)c1ccc(cc1)c1ccc(cc1)c1ccc(cc1)c1ccc(cc1)c1ccc2cc1. The van der Waals surface area contributed by atoms with E-state index in [1.54, 1.807) is 0 Å². The Morgan fingerprint density at radius 1 is 0.143 bits per heavy atom. The van der Waals surface area contributed by atoms with Gasteiger partial charge in [-0.15, -0.1) is 0 Å². The Bertz CT molecular complexity index is 2190. The van der Waals surface area contributed by atoms with Crippen molar-refractivity contribution in [3.05, 3.63) is 170 Å². The Labute approximate surface area is 244 Å². The zero-order chi connectivity index (χ0) is 27.9. The van der Waals surface area contributed by atoms with Crippen LogP contribution in [0.15, 0.2) is 170 Å². The molecule has 42 heavy (non-hydrogen) atoms. The van der Waals surface area contributed by atoms with E-state index < -0.39 is 0 Å². The van der Waals surface area contributed by atoms with E-state index in [0.29, 0.717) is 0 Å². The van der Waals surface area contributed by atoms with Crippen LogP contribution in [0.1, 0.15) is 0 Å². The van der Waals surface area contributed by atoms with Crippen LogP contribution in [0.4, 0.5) is 0 Å². The Morgan fingerprint density at radius 2 is 0.286 bits per heavy atom. The first kappa shape index (κ1) is 24.3. The molecular formula is C42H28. The summed E-state index contributed by atoms with van der Waals surface area (Å²) in [7, 11) is 0. The van der Waals surface area contributed by atoms with Crippen molar-refractivity contribution in [1.29, 1.82) is 0 Å². The lowest BCUT2D eigenvalue weighted by atomic mass is 10.0. The van der Waals surface area contributed by atoms with Crippen molar-refractivity contribution in [2.24, 2.45) is 0 Å². The van der Waals surface area contributed by atoms with E-state index in [1.807, 2.05) is 0 Å². The average Bonchev–Trinajstić information content (AvgIpc) is 3.08. The summed E-state index contributed by atoms with van der Waals surface area (Å²) in [6.07, 6.45) is 0. The van der Waals surface area contributed by atoms with Gasteiger partial charge in [-0.2, -0.15) is 0 Å². The highest BCUT2D eigenvalue weighted by Crippen LogP contribution is 2.24. The zero-order valence-electron chi connectivity index (χ0n) is 23.2. The van der Waals surface area contributed by atoms with Gasteiger partial charge in [-0.25, -0.2) is 0 Å². The summed E-state index contributed by atoms with van der Waals surface area (Å²) >= 11 is 0. The summed E-state index contributed by atoms with van der Waals surface area (Å²) in [6.45, 7) is 0. The van der Waals surface area contributed by atoms with E-state index in [2.05, 4.69) is 170 Å². The van der Waals surface area contributed by atoms with Crippen LogP contribution >= 0.6 is 0 Å². The lowest BCUT2D eigenvalue weighted by Crippen LogP contribution is -1.75. The van der Waals surface area contributed by atoms with Gasteiger partial charge in [0.2, 0.25) is 0 Å². The first-order valence-corrected chi connectivity index (χ1v) is 14.5. The van der Waals surface area contributed by atoms with E-state index in [1.165, 1.54) is 75.4 Å². The molecule has 0 heteroatoms. The highest BCUT2D eigenvalue weighted by atomic mass is 14.0. The van der Waals surface area contributed by atoms with Gasteiger partial charge in [0.1, 0.15) is 0 Å². The second-order valence-electron chi connectivity index (χ2n) is 11.0. The summed E-state index contributed by atoms with van der Waals surface area (Å²) in [5.41, 5.74) is 0. The number of hydrogen-bond acceptors (Lipinski definition) is 0. The highest BCUT2D eigenvalue weighted by Gasteiger charge is 1.98. The van der Waals surface area contributed by atoms with Crippen molar-refractivity contribution in [3.63, 3.8) is 0 Å². The third kappa shape index (κ3) is 4.54. The second kappa shape index (κ2) is 10.2. The van der Waals surface area contributed by atoms with Gasteiger partial charge >= 0.3 is 0 Å². The molecular weight excluding hydrogens is 504 g/mol. The summed E-state index contributed by atoms with van der Waals surface area (Å²) in [5.74, 6) is 0. The molecule has 0 nitrogen and oxygen atoms in total. The Morgan fingerprint density at radius 3 is 0.476 bits per heavy atom. The summed E-state index contributed by atoms with van der Waals surface area (Å²) in [4.78, 5) is 0. The molecule has 14 bridgehead atoms. The van der Waals surface area contributed by atoms with Gasteiger partial charge in [0.05, 0.1) is 0 Å². The maximum absolute atomic E-state index is 2.30. The fraction of sp³-hybridized carbons (Fsp3) is 0. The van der Waals surface area contributed by atoms with Gasteiger partial charge in [0.15, 0.2) is 0 Å². The smallest absolute Gasteiger partial charge is 0.0178 e. The van der Waals surface area contributed by atoms with E-state index in [4.69, 9.17) is 0 Å². The van der Waals surface area contributed by atoms with Crippen LogP contribution in [-0.4, -0.2) is 0 Å². The molecule has 0 N–H and O–H groups in total. The summed E-state index contributed by atoms with van der Waals surface area (Å²) < 4.78 is 0. The quantitative estimate of drug-likeness (QED) is 0.182. The van der Waals surface area contributed by atoms with Crippen molar-refractivity contribution < 1.29 is 0 Å². The maximum atomic E-state index is 2.30. The molecule has 0 saturated heterocycles. The molecule has 15 aromatic carbocycles. The van der Waals surface area contributed by atoms with Gasteiger partial charge in [-0.1, -0.05) is 158 Å². The fourth-order valence-corrected chi connectivity index (χ4v) is 6.03. The first-order valence-electron chi connectivity index (χ1n) is 14.5. The molecule has 0 amide bonds. The lowest BCUT2D eigenvalue weighted by Gasteiger charge is -2.01. The Hall–Kier alpha value is -5.46. The molecule has 0 spiro atoms. The minimum Gasteiger partial charge on any atom is -0.0610 e. The predicted molar refractivity (Wildman–Crippen MR) is 184 cm³/mol. The molecule has 196 valence electrons. The van der Waals surface area contributed by atoms with Crippen molar-refractivity contribution in [3.8, 4) is 0 Å². The third-order valence-corrected chi connectivity index (χ3v) is 8.48. The van der Waals surface area contributed by atoms with Crippen molar-refractivity contribution in [2.45, 2.75) is 0 Å². The van der Waals surface area contributed by atoms with Crippen LogP contribution in [-0.2, 0) is 0 Å². The van der Waals surface area contributed by atoms with Crippen molar-refractivity contribution in [2.75, 3.05) is 0 Å². The molecule has 0 heterocycles. The fourth-order valence-electron chi connectivity index (χ4n) is 6.03. The predicted octanol–water partition coefficient (Wildman–Crippen LogP) is 12.0. The highest BCUT2D eigenvalue weighted by molar-refractivity contribution is 5.98. The Kier molecular flexibility index (Phi) is 5.90. The normalized spacial score (nSPS) is 11.3. The van der Waals surface area contributed by atoms with Gasteiger partial charge in [0, 0.05) is 0 Å². The summed E-state index contributed by atoms with van der Waals surface area (Å²) in [5, 5.41) is 17.1. The van der Waals surface area contributed by atoms with Crippen LogP contribution in [0.3, 0.4) is 0 Å². The largest absolute Gasteiger partial charge is 0.0610 e. The molecule has 0 aliphatic rings. The zero-order valence-corrected chi connectivity index (χ0v) is 23.2. The van der Waals surface area contributed by atoms with Gasteiger partial charge in [-0.3, -0.25) is 0 Å². The van der Waals surface area contributed by atoms with Crippen LogP contribution < -0.4 is 0 Å².